The monoisotopic (exact) mass is 569 g/mol. The summed E-state index contributed by atoms with van der Waals surface area (Å²) in [6.07, 6.45) is 1.66. The normalized spacial score (nSPS) is 10.7. The number of amides is 2. The molecule has 2 aromatic heterocycles. The van der Waals surface area contributed by atoms with E-state index in [1.165, 1.54) is 7.11 Å². The lowest BCUT2D eigenvalue weighted by molar-refractivity contribution is -0.113. The van der Waals surface area contributed by atoms with Crippen molar-refractivity contribution >= 4 is 69.1 Å². The topological polar surface area (TPSA) is 138 Å². The summed E-state index contributed by atoms with van der Waals surface area (Å²) in [5.41, 5.74) is 5.81. The van der Waals surface area contributed by atoms with Crippen LogP contribution in [0.5, 0.6) is 5.75 Å². The number of rotatable bonds is 11. The summed E-state index contributed by atoms with van der Waals surface area (Å²) in [5, 5.41) is 12.4. The number of ether oxygens (including phenoxy) is 2. The zero-order valence-electron chi connectivity index (χ0n) is 19.2. The molecule has 0 atom stereocenters. The highest BCUT2D eigenvalue weighted by atomic mass is 35.5. The predicted molar refractivity (Wildman–Crippen MR) is 139 cm³/mol. The molecule has 0 radical (unpaired) electrons. The number of halogens is 2. The molecule has 0 saturated carbocycles. The zero-order chi connectivity index (χ0) is 26.4. The maximum atomic E-state index is 12.7. The molecule has 0 spiro atoms. The van der Waals surface area contributed by atoms with E-state index < -0.39 is 17.8 Å². The molecule has 2 amide bonds. The summed E-state index contributed by atoms with van der Waals surface area (Å²) >= 11 is 14.1. The van der Waals surface area contributed by atoms with Crippen LogP contribution in [-0.2, 0) is 22.7 Å². The van der Waals surface area contributed by atoms with Crippen LogP contribution in [0.2, 0.25) is 10.0 Å². The number of hydrogen-bond acceptors (Lipinski definition) is 9. The number of primary amides is 1. The minimum absolute atomic E-state index is 0.0530. The van der Waals surface area contributed by atoms with Gasteiger partial charge >= 0.3 is 5.97 Å². The fraction of sp³-hybridized carbons (Fsp3) is 0.227. The van der Waals surface area contributed by atoms with E-state index in [1.54, 1.807) is 35.8 Å². The van der Waals surface area contributed by atoms with Crippen molar-refractivity contribution in [1.82, 2.24) is 14.8 Å². The summed E-state index contributed by atoms with van der Waals surface area (Å²) in [5.74, 6) is -0.938. The molecule has 3 N–H and O–H groups in total. The number of benzene rings is 1. The number of allylic oxidation sites excluding steroid dienone is 1. The third-order valence-corrected chi connectivity index (χ3v) is 7.42. The van der Waals surface area contributed by atoms with E-state index >= 15 is 0 Å². The number of methoxy groups -OCH3 is 1. The van der Waals surface area contributed by atoms with Crippen LogP contribution < -0.4 is 15.8 Å². The van der Waals surface area contributed by atoms with Gasteiger partial charge < -0.3 is 20.5 Å². The Bertz CT molecular complexity index is 1320. The molecule has 3 aromatic rings. The van der Waals surface area contributed by atoms with Crippen molar-refractivity contribution in [1.29, 1.82) is 0 Å². The molecular formula is C22H21Cl2N5O5S2. The highest BCUT2D eigenvalue weighted by Gasteiger charge is 2.25. The Morgan fingerprint density at radius 2 is 2.06 bits per heavy atom. The van der Waals surface area contributed by atoms with Gasteiger partial charge in [0.25, 0.3) is 5.91 Å². The van der Waals surface area contributed by atoms with Crippen LogP contribution in [0.3, 0.4) is 0 Å². The van der Waals surface area contributed by atoms with Gasteiger partial charge in [-0.15, -0.1) is 28.1 Å². The molecule has 10 nitrogen and oxygen atoms in total. The van der Waals surface area contributed by atoms with Gasteiger partial charge in [0.15, 0.2) is 11.0 Å². The fourth-order valence-electron chi connectivity index (χ4n) is 3.06. The largest absolute Gasteiger partial charge is 0.484 e. The van der Waals surface area contributed by atoms with Crippen molar-refractivity contribution in [3.63, 3.8) is 0 Å². The van der Waals surface area contributed by atoms with Gasteiger partial charge in [-0.2, -0.15) is 0 Å². The number of aromatic nitrogens is 3. The van der Waals surface area contributed by atoms with Gasteiger partial charge in [-0.05, 0) is 30.7 Å². The van der Waals surface area contributed by atoms with E-state index in [-0.39, 0.29) is 27.8 Å². The lowest BCUT2D eigenvalue weighted by Gasteiger charge is -2.10. The number of carbonyl (C=O) groups excluding carboxylic acids is 3. The Kier molecular flexibility index (Phi) is 9.37. The van der Waals surface area contributed by atoms with E-state index in [2.05, 4.69) is 22.1 Å². The number of nitrogens with one attached hydrogen (secondary N) is 1. The van der Waals surface area contributed by atoms with Gasteiger partial charge in [-0.25, -0.2) is 4.79 Å². The number of nitrogens with two attached hydrogens (primary N) is 1. The smallest absolute Gasteiger partial charge is 0.341 e. The second kappa shape index (κ2) is 12.3. The van der Waals surface area contributed by atoms with Crippen molar-refractivity contribution in [2.75, 3.05) is 18.2 Å². The molecule has 0 aliphatic heterocycles. The summed E-state index contributed by atoms with van der Waals surface area (Å²) in [6, 6.07) is 4.88. The average molecular weight is 570 g/mol. The Morgan fingerprint density at radius 1 is 1.31 bits per heavy atom. The molecule has 0 aliphatic carbocycles. The van der Waals surface area contributed by atoms with Gasteiger partial charge in [0.05, 0.1) is 28.3 Å². The van der Waals surface area contributed by atoms with Crippen LogP contribution in [0.4, 0.5) is 5.00 Å². The van der Waals surface area contributed by atoms with Gasteiger partial charge in [0.1, 0.15) is 17.4 Å². The lowest BCUT2D eigenvalue weighted by atomic mass is 10.1. The second-order valence-corrected chi connectivity index (χ2v) is 9.92. The molecule has 0 saturated heterocycles. The van der Waals surface area contributed by atoms with Crippen LogP contribution in [0.1, 0.15) is 31.4 Å². The van der Waals surface area contributed by atoms with Crippen molar-refractivity contribution in [2.24, 2.45) is 5.73 Å². The molecule has 0 aliphatic rings. The molecular weight excluding hydrogens is 549 g/mol. The van der Waals surface area contributed by atoms with Crippen molar-refractivity contribution in [3.8, 4) is 5.75 Å². The van der Waals surface area contributed by atoms with E-state index in [4.69, 9.17) is 38.4 Å². The van der Waals surface area contributed by atoms with Crippen LogP contribution >= 0.6 is 46.3 Å². The van der Waals surface area contributed by atoms with E-state index in [9.17, 15) is 14.4 Å². The number of thioether (sulfide) groups is 1. The minimum Gasteiger partial charge on any atom is -0.484 e. The standard InChI is InChI=1S/C22H21Cl2N5O5S2/c1-4-7-29-15(9-34-14-6-5-12(23)8-13(14)24)27-28-22(29)35-10-16(30)26-20-17(21(32)33-3)11(2)18(36-20)19(25)31/h4-6,8H,1,7,9-10H2,2-3H3,(H2,25,31)(H,26,30). The molecule has 36 heavy (non-hydrogen) atoms. The molecule has 0 fully saturated rings. The van der Waals surface area contributed by atoms with Crippen LogP contribution in [0.15, 0.2) is 36.0 Å². The first-order valence-electron chi connectivity index (χ1n) is 10.2. The Labute approximate surface area is 224 Å². The van der Waals surface area contributed by atoms with Crippen molar-refractivity contribution in [2.45, 2.75) is 25.2 Å². The second-order valence-electron chi connectivity index (χ2n) is 7.11. The molecule has 2 heterocycles. The number of hydrogen-bond donors (Lipinski definition) is 2. The lowest BCUT2D eigenvalue weighted by Crippen LogP contribution is -2.16. The van der Waals surface area contributed by atoms with Crippen LogP contribution in [0, 0.1) is 6.92 Å². The summed E-state index contributed by atoms with van der Waals surface area (Å²) in [6.45, 7) is 5.76. The predicted octanol–water partition coefficient (Wildman–Crippen LogP) is 4.34. The Balaban J connectivity index is 1.71. The van der Waals surface area contributed by atoms with E-state index in [0.717, 1.165) is 23.1 Å². The Morgan fingerprint density at radius 3 is 2.69 bits per heavy atom. The quantitative estimate of drug-likeness (QED) is 0.197. The van der Waals surface area contributed by atoms with Gasteiger partial charge in [-0.1, -0.05) is 41.0 Å². The fourth-order valence-corrected chi connectivity index (χ4v) is 5.35. The number of anilines is 1. The summed E-state index contributed by atoms with van der Waals surface area (Å²) in [7, 11) is 1.21. The van der Waals surface area contributed by atoms with Crippen molar-refractivity contribution in [3.05, 3.63) is 62.7 Å². The SMILES string of the molecule is C=CCn1c(COc2ccc(Cl)cc2Cl)nnc1SCC(=O)Nc1sc(C(N)=O)c(C)c1C(=O)OC. The molecule has 1 aromatic carbocycles. The highest BCUT2D eigenvalue weighted by molar-refractivity contribution is 7.99. The van der Waals surface area contributed by atoms with Crippen molar-refractivity contribution < 1.29 is 23.9 Å². The number of esters is 1. The molecule has 3 rings (SSSR count). The number of nitrogens with zero attached hydrogens (tertiary/aromatic N) is 3. The number of thiophene rings is 1. The van der Waals surface area contributed by atoms with E-state index in [0.29, 0.717) is 38.9 Å². The van der Waals surface area contributed by atoms with E-state index in [1.807, 2.05) is 0 Å². The number of carbonyl (C=O) groups is 3. The molecule has 0 bridgehead atoms. The molecule has 0 unspecified atom stereocenters. The third kappa shape index (κ3) is 6.38. The third-order valence-electron chi connectivity index (χ3n) is 4.70. The summed E-state index contributed by atoms with van der Waals surface area (Å²) < 4.78 is 12.3. The Hall–Kier alpha value is -3.06. The minimum atomic E-state index is -0.704. The van der Waals surface area contributed by atoms with Gasteiger partial charge in [0, 0.05) is 11.6 Å². The molecule has 14 heteroatoms. The van der Waals surface area contributed by atoms with Gasteiger partial charge in [0.2, 0.25) is 5.91 Å². The zero-order valence-corrected chi connectivity index (χ0v) is 22.3. The van der Waals surface area contributed by atoms with Crippen LogP contribution in [0.25, 0.3) is 0 Å². The van der Waals surface area contributed by atoms with Crippen LogP contribution in [-0.4, -0.2) is 45.4 Å². The maximum absolute atomic E-state index is 12.7. The first kappa shape index (κ1) is 27.5. The molecule has 190 valence electrons. The first-order valence-corrected chi connectivity index (χ1v) is 12.8. The summed E-state index contributed by atoms with van der Waals surface area (Å²) in [4.78, 5) is 36.7. The van der Waals surface area contributed by atoms with Gasteiger partial charge in [-0.3, -0.25) is 14.2 Å². The maximum Gasteiger partial charge on any atom is 0.341 e. The average Bonchev–Trinajstić information content (AvgIpc) is 3.37. The highest BCUT2D eigenvalue weighted by Crippen LogP contribution is 2.34. The first-order chi connectivity index (χ1) is 17.2.